The second-order valence-electron chi connectivity index (χ2n) is 2.19. The molecule has 11 heavy (non-hydrogen) atoms. The Labute approximate surface area is 64.4 Å². The lowest BCUT2D eigenvalue weighted by atomic mass is 10.2. The summed E-state index contributed by atoms with van der Waals surface area (Å²) in [5, 5.41) is 8.65. The van der Waals surface area contributed by atoms with Gasteiger partial charge in [0.2, 0.25) is 12.1 Å². The summed E-state index contributed by atoms with van der Waals surface area (Å²) in [6.45, 7) is -0.135. The van der Waals surface area contributed by atoms with Crippen LogP contribution < -0.4 is 0 Å². The van der Waals surface area contributed by atoms with Crippen LogP contribution in [0.4, 0.5) is 0 Å². The number of methoxy groups -OCH3 is 1. The van der Waals surface area contributed by atoms with Crippen molar-refractivity contribution in [1.82, 2.24) is 0 Å². The van der Waals surface area contributed by atoms with E-state index < -0.39 is 12.4 Å². The van der Waals surface area contributed by atoms with Gasteiger partial charge in [-0.25, -0.2) is 0 Å². The Morgan fingerprint density at radius 1 is 1.82 bits per heavy atom. The fourth-order valence-corrected chi connectivity index (χ4v) is 0.828. The number of hydrogen-bond acceptors (Lipinski definition) is 4. The molecule has 4 heteroatoms. The van der Waals surface area contributed by atoms with Gasteiger partial charge in [-0.2, -0.15) is 0 Å². The minimum atomic E-state index is -0.850. The maximum Gasteiger partial charge on any atom is 0.222 e. The minimum Gasteiger partial charge on any atom is -0.393 e. The van der Waals surface area contributed by atoms with Crippen LogP contribution in [0.1, 0.15) is 0 Å². The van der Waals surface area contributed by atoms with E-state index in [1.54, 1.807) is 0 Å². The van der Waals surface area contributed by atoms with Crippen LogP contribution >= 0.6 is 0 Å². The molecule has 1 aliphatic heterocycles. The van der Waals surface area contributed by atoms with Gasteiger partial charge in [0.25, 0.3) is 0 Å². The van der Waals surface area contributed by atoms with Crippen molar-refractivity contribution in [1.29, 1.82) is 0 Å². The van der Waals surface area contributed by atoms with Crippen molar-refractivity contribution in [3.8, 4) is 0 Å². The molecule has 4 nitrogen and oxygen atoms in total. The number of carbonyl (C=O) groups excluding carboxylic acids is 1. The first-order valence-corrected chi connectivity index (χ1v) is 3.29. The van der Waals surface area contributed by atoms with Crippen molar-refractivity contribution in [3.63, 3.8) is 0 Å². The van der Waals surface area contributed by atoms with Crippen LogP contribution in [0.3, 0.4) is 0 Å². The summed E-state index contributed by atoms with van der Waals surface area (Å²) in [5.41, 5.74) is 0. The number of rotatable bonds is 2. The molecule has 0 spiro atoms. The Kier molecular flexibility index (Phi) is 2.76. The van der Waals surface area contributed by atoms with Gasteiger partial charge in [-0.3, -0.25) is 4.79 Å². The van der Waals surface area contributed by atoms with E-state index in [2.05, 4.69) is 0 Å². The summed E-state index contributed by atoms with van der Waals surface area (Å²) in [6, 6.07) is 0. The van der Waals surface area contributed by atoms with Crippen molar-refractivity contribution >= 4 is 5.78 Å². The number of carbonyl (C=O) groups is 1. The van der Waals surface area contributed by atoms with E-state index >= 15 is 0 Å². The molecule has 1 rings (SSSR count). The van der Waals surface area contributed by atoms with Crippen molar-refractivity contribution in [2.75, 3.05) is 13.7 Å². The average Bonchev–Trinajstić information content (AvgIpc) is 2.05. The molecule has 1 heterocycles. The van der Waals surface area contributed by atoms with E-state index in [0.29, 0.717) is 0 Å². The smallest absolute Gasteiger partial charge is 0.222 e. The van der Waals surface area contributed by atoms with Gasteiger partial charge in [-0.05, 0) is 12.2 Å². The van der Waals surface area contributed by atoms with Gasteiger partial charge in [0, 0.05) is 7.11 Å². The standard InChI is InChI=1S/C7H10O4/c1-10-7-6(9)3-2-5(4-8)11-7/h2-3,5,7-8H,4H2,1H3/t5-,7-/m0/s1. The molecule has 0 aromatic heterocycles. The highest BCUT2D eigenvalue weighted by molar-refractivity contribution is 5.93. The molecule has 0 bridgehead atoms. The molecule has 0 aromatic rings. The van der Waals surface area contributed by atoms with Crippen LogP contribution in [0.2, 0.25) is 0 Å². The first-order valence-electron chi connectivity index (χ1n) is 3.29. The third-order valence-corrected chi connectivity index (χ3v) is 1.40. The van der Waals surface area contributed by atoms with Gasteiger partial charge in [-0.1, -0.05) is 0 Å². The Balaban J connectivity index is 2.59. The normalized spacial score (nSPS) is 30.9. The van der Waals surface area contributed by atoms with Crippen LogP contribution in [-0.2, 0) is 14.3 Å². The summed E-state index contributed by atoms with van der Waals surface area (Å²) in [5.74, 6) is -0.225. The third kappa shape index (κ3) is 1.86. The molecule has 0 radical (unpaired) electrons. The molecular weight excluding hydrogens is 148 g/mol. The van der Waals surface area contributed by atoms with E-state index in [1.165, 1.54) is 19.3 Å². The van der Waals surface area contributed by atoms with Gasteiger partial charge in [-0.15, -0.1) is 0 Å². The van der Waals surface area contributed by atoms with E-state index in [4.69, 9.17) is 14.6 Å². The number of hydrogen-bond donors (Lipinski definition) is 1. The van der Waals surface area contributed by atoms with Crippen LogP contribution in [0.15, 0.2) is 12.2 Å². The predicted molar refractivity (Wildman–Crippen MR) is 36.9 cm³/mol. The minimum absolute atomic E-state index is 0.135. The first kappa shape index (κ1) is 8.39. The van der Waals surface area contributed by atoms with Gasteiger partial charge in [0.15, 0.2) is 0 Å². The van der Waals surface area contributed by atoms with Crippen LogP contribution in [0.5, 0.6) is 0 Å². The van der Waals surface area contributed by atoms with Crippen molar-refractivity contribution < 1.29 is 19.4 Å². The van der Waals surface area contributed by atoms with Crippen molar-refractivity contribution in [3.05, 3.63) is 12.2 Å². The molecule has 2 atom stereocenters. The van der Waals surface area contributed by atoms with Crippen molar-refractivity contribution in [2.24, 2.45) is 0 Å². The highest BCUT2D eigenvalue weighted by Gasteiger charge is 2.23. The number of ketones is 1. The largest absolute Gasteiger partial charge is 0.393 e. The zero-order valence-electron chi connectivity index (χ0n) is 6.19. The molecule has 0 aliphatic carbocycles. The van der Waals surface area contributed by atoms with Crippen LogP contribution in [-0.4, -0.2) is 37.0 Å². The Bertz CT molecular complexity index is 175. The van der Waals surface area contributed by atoms with Crippen LogP contribution in [0, 0.1) is 0 Å². The van der Waals surface area contributed by atoms with Gasteiger partial charge in [0.05, 0.1) is 6.61 Å². The van der Waals surface area contributed by atoms with E-state index in [0.717, 1.165) is 0 Å². The fourth-order valence-electron chi connectivity index (χ4n) is 0.828. The highest BCUT2D eigenvalue weighted by Crippen LogP contribution is 2.08. The lowest BCUT2D eigenvalue weighted by Crippen LogP contribution is -2.34. The van der Waals surface area contributed by atoms with E-state index in [9.17, 15) is 4.79 Å². The molecular formula is C7H10O4. The number of aliphatic hydroxyl groups is 1. The quantitative estimate of drug-likeness (QED) is 0.587. The number of ether oxygens (including phenoxy) is 2. The fraction of sp³-hybridized carbons (Fsp3) is 0.571. The molecule has 0 amide bonds. The van der Waals surface area contributed by atoms with Crippen LogP contribution in [0.25, 0.3) is 0 Å². The topological polar surface area (TPSA) is 55.8 Å². The summed E-state index contributed by atoms with van der Waals surface area (Å²) in [7, 11) is 1.39. The predicted octanol–water partition coefficient (Wildman–Crippen LogP) is -0.525. The molecule has 62 valence electrons. The lowest BCUT2D eigenvalue weighted by Gasteiger charge is -2.21. The lowest BCUT2D eigenvalue weighted by molar-refractivity contribution is -0.172. The molecule has 0 saturated carbocycles. The highest BCUT2D eigenvalue weighted by atomic mass is 16.7. The Hall–Kier alpha value is -0.710. The molecule has 1 N–H and O–H groups in total. The maximum absolute atomic E-state index is 10.9. The average molecular weight is 158 g/mol. The Morgan fingerprint density at radius 2 is 2.55 bits per heavy atom. The summed E-state index contributed by atoms with van der Waals surface area (Å²) in [6.07, 6.45) is 1.60. The summed E-state index contributed by atoms with van der Waals surface area (Å²) in [4.78, 5) is 10.9. The second-order valence-corrected chi connectivity index (χ2v) is 2.19. The number of aliphatic hydroxyl groups excluding tert-OH is 1. The molecule has 1 aliphatic rings. The van der Waals surface area contributed by atoms with Gasteiger partial charge in [0.1, 0.15) is 6.10 Å². The Morgan fingerprint density at radius 3 is 3.09 bits per heavy atom. The van der Waals surface area contributed by atoms with E-state index in [-0.39, 0.29) is 12.4 Å². The van der Waals surface area contributed by atoms with Crippen molar-refractivity contribution in [2.45, 2.75) is 12.4 Å². The monoisotopic (exact) mass is 158 g/mol. The zero-order chi connectivity index (χ0) is 8.27. The second kappa shape index (κ2) is 3.61. The molecule has 0 fully saturated rings. The van der Waals surface area contributed by atoms with Gasteiger partial charge >= 0.3 is 0 Å². The summed E-state index contributed by atoms with van der Waals surface area (Å²) >= 11 is 0. The van der Waals surface area contributed by atoms with E-state index in [1.807, 2.05) is 0 Å². The van der Waals surface area contributed by atoms with Gasteiger partial charge < -0.3 is 14.6 Å². The summed E-state index contributed by atoms with van der Waals surface area (Å²) < 4.78 is 9.69. The zero-order valence-corrected chi connectivity index (χ0v) is 6.19. The third-order valence-electron chi connectivity index (χ3n) is 1.40. The molecule has 0 unspecified atom stereocenters. The molecule has 0 aromatic carbocycles. The maximum atomic E-state index is 10.9. The molecule has 0 saturated heterocycles. The SMILES string of the molecule is CO[C@H]1O[C@H](CO)C=CC1=O. The first-order chi connectivity index (χ1) is 5.27.